The van der Waals surface area contributed by atoms with Crippen molar-refractivity contribution in [3.63, 3.8) is 0 Å². The molecule has 1 N–H and O–H groups in total. The average molecular weight is 392 g/mol. The number of nitrogens with zero attached hydrogens (tertiary/aromatic N) is 5. The van der Waals surface area contributed by atoms with E-state index in [9.17, 15) is 13.2 Å². The van der Waals surface area contributed by atoms with Crippen molar-refractivity contribution in [3.05, 3.63) is 36.4 Å². The van der Waals surface area contributed by atoms with Gasteiger partial charge >= 0.3 is 6.36 Å². The van der Waals surface area contributed by atoms with Gasteiger partial charge in [-0.05, 0) is 44.2 Å². The van der Waals surface area contributed by atoms with Gasteiger partial charge in [0, 0.05) is 25.2 Å². The zero-order valence-corrected chi connectivity index (χ0v) is 15.1. The number of hydrogen-bond donors (Lipinski definition) is 1. The van der Waals surface area contributed by atoms with Crippen LogP contribution >= 0.6 is 0 Å². The molecule has 28 heavy (non-hydrogen) atoms. The Hall–Kier alpha value is -2.88. The Morgan fingerprint density at radius 3 is 2.64 bits per heavy atom. The van der Waals surface area contributed by atoms with Crippen LogP contribution in [-0.2, 0) is 0 Å². The maximum absolute atomic E-state index is 12.5. The summed E-state index contributed by atoms with van der Waals surface area (Å²) in [7, 11) is 1.96. The number of fused-ring (bicyclic) bond motifs is 1. The molecular formula is C18H19F3N6O. The molecular weight excluding hydrogens is 373 g/mol. The average Bonchev–Trinajstić information content (AvgIpc) is 3.10. The van der Waals surface area contributed by atoms with Crippen LogP contribution in [0.5, 0.6) is 5.75 Å². The smallest absolute Gasteiger partial charge is 0.406 e. The first kappa shape index (κ1) is 18.5. The first-order chi connectivity index (χ1) is 13.4. The maximum Gasteiger partial charge on any atom is 0.573 e. The van der Waals surface area contributed by atoms with Gasteiger partial charge in [0.25, 0.3) is 0 Å². The van der Waals surface area contributed by atoms with E-state index in [0.717, 1.165) is 31.7 Å². The molecule has 1 fully saturated rings. The van der Waals surface area contributed by atoms with Crippen LogP contribution in [0, 0.1) is 0 Å². The number of rotatable bonds is 4. The van der Waals surface area contributed by atoms with Gasteiger partial charge in [-0.15, -0.1) is 18.3 Å². The fourth-order valence-corrected chi connectivity index (χ4v) is 3.36. The lowest BCUT2D eigenvalue weighted by Crippen LogP contribution is -2.41. The van der Waals surface area contributed by atoms with Gasteiger partial charge in [-0.25, -0.2) is 4.98 Å². The first-order valence-electron chi connectivity index (χ1n) is 8.94. The Labute approximate surface area is 159 Å². The second-order valence-corrected chi connectivity index (χ2v) is 6.61. The Morgan fingerprint density at radius 1 is 1.14 bits per heavy atom. The first-order valence-corrected chi connectivity index (χ1v) is 8.94. The van der Waals surface area contributed by atoms with Gasteiger partial charge in [0.1, 0.15) is 17.1 Å². The summed E-state index contributed by atoms with van der Waals surface area (Å²) in [6.45, 7) is 1.75. The molecule has 3 aromatic rings. The molecule has 3 heterocycles. The van der Waals surface area contributed by atoms with E-state index in [2.05, 4.69) is 30.2 Å². The van der Waals surface area contributed by atoms with E-state index in [1.165, 1.54) is 22.9 Å². The van der Waals surface area contributed by atoms with Crippen molar-refractivity contribution in [2.45, 2.75) is 25.2 Å². The third kappa shape index (κ3) is 3.86. The van der Waals surface area contributed by atoms with Crippen molar-refractivity contribution in [1.82, 2.24) is 25.3 Å². The summed E-state index contributed by atoms with van der Waals surface area (Å²) < 4.78 is 42.9. The topological polar surface area (TPSA) is 68.1 Å². The number of anilines is 1. The molecule has 0 saturated carbocycles. The van der Waals surface area contributed by atoms with Gasteiger partial charge in [0.15, 0.2) is 5.65 Å². The number of benzene rings is 1. The zero-order valence-electron chi connectivity index (χ0n) is 15.1. The minimum atomic E-state index is -4.76. The highest BCUT2D eigenvalue weighted by Gasteiger charge is 2.31. The van der Waals surface area contributed by atoms with Gasteiger partial charge in [-0.3, -0.25) is 0 Å². The molecule has 0 unspecified atom stereocenters. The number of hydrogen-bond acceptors (Lipinski definition) is 6. The number of pyridine rings is 1. The summed E-state index contributed by atoms with van der Waals surface area (Å²) in [5, 5.41) is 11.4. The highest BCUT2D eigenvalue weighted by molar-refractivity contribution is 5.74. The molecule has 0 aliphatic carbocycles. The fraction of sp³-hybridized carbons (Fsp3) is 0.389. The van der Waals surface area contributed by atoms with Gasteiger partial charge in [0.2, 0.25) is 0 Å². The molecule has 0 spiro atoms. The van der Waals surface area contributed by atoms with E-state index in [0.29, 0.717) is 22.9 Å². The highest BCUT2D eigenvalue weighted by atomic mass is 19.4. The number of aromatic nitrogens is 4. The molecule has 0 amide bonds. The number of halogens is 3. The lowest BCUT2D eigenvalue weighted by atomic mass is 10.1. The van der Waals surface area contributed by atoms with Crippen molar-refractivity contribution in [1.29, 1.82) is 0 Å². The second-order valence-electron chi connectivity index (χ2n) is 6.61. The third-order valence-corrected chi connectivity index (χ3v) is 4.81. The Bertz CT molecular complexity index is 965. The molecule has 1 aliphatic heterocycles. The van der Waals surface area contributed by atoms with Crippen LogP contribution in [0.1, 0.15) is 12.8 Å². The largest absolute Gasteiger partial charge is 0.573 e. The van der Waals surface area contributed by atoms with E-state index in [1.54, 1.807) is 6.07 Å². The molecule has 0 bridgehead atoms. The molecule has 1 aromatic carbocycles. The van der Waals surface area contributed by atoms with Crippen LogP contribution < -0.4 is 15.0 Å². The van der Waals surface area contributed by atoms with Crippen molar-refractivity contribution in [2.75, 3.05) is 25.0 Å². The molecule has 0 radical (unpaired) electrons. The van der Waals surface area contributed by atoms with E-state index >= 15 is 0 Å². The molecule has 148 valence electrons. The van der Waals surface area contributed by atoms with E-state index in [4.69, 9.17) is 0 Å². The minimum absolute atomic E-state index is 0.320. The van der Waals surface area contributed by atoms with Gasteiger partial charge in [-0.1, -0.05) is 11.3 Å². The zero-order chi connectivity index (χ0) is 19.7. The number of piperidine rings is 1. The van der Waals surface area contributed by atoms with E-state index < -0.39 is 6.36 Å². The van der Waals surface area contributed by atoms with Crippen molar-refractivity contribution in [2.24, 2.45) is 0 Å². The molecule has 10 heteroatoms. The SMILES string of the molecule is CNC1CCN(c2ccc3nnn(-c4cccc(OC(F)(F)F)c4)c3n2)CC1. The van der Waals surface area contributed by atoms with Crippen molar-refractivity contribution >= 4 is 17.0 Å². The lowest BCUT2D eigenvalue weighted by molar-refractivity contribution is -0.274. The van der Waals surface area contributed by atoms with Crippen LogP contribution in [0.15, 0.2) is 36.4 Å². The molecule has 4 rings (SSSR count). The Kier molecular flexibility index (Phi) is 4.80. The van der Waals surface area contributed by atoms with E-state index in [1.807, 2.05) is 19.2 Å². The number of ether oxygens (including phenoxy) is 1. The Morgan fingerprint density at radius 2 is 1.93 bits per heavy atom. The monoisotopic (exact) mass is 392 g/mol. The van der Waals surface area contributed by atoms with Crippen LogP contribution in [-0.4, -0.2) is 52.5 Å². The predicted octanol–water partition coefficient (Wildman–Crippen LogP) is 2.90. The maximum atomic E-state index is 12.5. The summed E-state index contributed by atoms with van der Waals surface area (Å²) in [6, 6.07) is 9.81. The second kappa shape index (κ2) is 7.27. The summed E-state index contributed by atoms with van der Waals surface area (Å²) >= 11 is 0. The lowest BCUT2D eigenvalue weighted by Gasteiger charge is -2.32. The van der Waals surface area contributed by atoms with Crippen molar-refractivity contribution < 1.29 is 17.9 Å². The highest BCUT2D eigenvalue weighted by Crippen LogP contribution is 2.26. The molecule has 2 aromatic heterocycles. The summed E-state index contributed by atoms with van der Waals surface area (Å²) in [4.78, 5) is 6.86. The summed E-state index contributed by atoms with van der Waals surface area (Å²) in [6.07, 6.45) is -2.72. The van der Waals surface area contributed by atoms with E-state index in [-0.39, 0.29) is 5.75 Å². The molecule has 1 aliphatic rings. The summed E-state index contributed by atoms with van der Waals surface area (Å²) in [5.41, 5.74) is 1.44. The quantitative estimate of drug-likeness (QED) is 0.737. The third-order valence-electron chi connectivity index (χ3n) is 4.81. The predicted molar refractivity (Wildman–Crippen MR) is 97.6 cm³/mol. The Balaban J connectivity index is 1.65. The summed E-state index contributed by atoms with van der Waals surface area (Å²) in [5.74, 6) is 0.479. The van der Waals surface area contributed by atoms with Gasteiger partial charge in [-0.2, -0.15) is 4.68 Å². The van der Waals surface area contributed by atoms with Crippen LogP contribution in [0.3, 0.4) is 0 Å². The van der Waals surface area contributed by atoms with Crippen molar-refractivity contribution in [3.8, 4) is 11.4 Å². The van der Waals surface area contributed by atoms with Gasteiger partial charge in [0.05, 0.1) is 5.69 Å². The van der Waals surface area contributed by atoms with Crippen LogP contribution in [0.25, 0.3) is 16.9 Å². The number of nitrogens with one attached hydrogen (secondary N) is 1. The number of alkyl halides is 3. The molecule has 7 nitrogen and oxygen atoms in total. The minimum Gasteiger partial charge on any atom is -0.406 e. The standard InChI is InChI=1S/C18H19F3N6O/c1-22-12-7-9-26(10-8-12)16-6-5-15-17(23-16)27(25-24-15)13-3-2-4-14(11-13)28-18(19,20)21/h2-6,11-12,22H,7-10H2,1H3. The van der Waals surface area contributed by atoms with Crippen LogP contribution in [0.2, 0.25) is 0 Å². The van der Waals surface area contributed by atoms with Crippen LogP contribution in [0.4, 0.5) is 19.0 Å². The molecule has 0 atom stereocenters. The normalized spacial score (nSPS) is 15.9. The van der Waals surface area contributed by atoms with Gasteiger partial charge < -0.3 is 15.0 Å². The molecule has 1 saturated heterocycles. The fourth-order valence-electron chi connectivity index (χ4n) is 3.36.